The molecule has 2 heterocycles. The van der Waals surface area contributed by atoms with Crippen LogP contribution < -0.4 is 5.32 Å². The van der Waals surface area contributed by atoms with Crippen LogP contribution in [0.15, 0.2) is 0 Å². The summed E-state index contributed by atoms with van der Waals surface area (Å²) in [4.78, 5) is 6.32. The monoisotopic (exact) mass is 288 g/mol. The van der Waals surface area contributed by atoms with E-state index in [0.29, 0.717) is 11.2 Å². The summed E-state index contributed by atoms with van der Waals surface area (Å²) in [5, 5.41) is 5.22. The van der Waals surface area contributed by atoms with E-state index in [-0.39, 0.29) is 0 Å². The average molecular weight is 289 g/mol. The number of nitrogens with one attached hydrogen (secondary N) is 1. The second kappa shape index (κ2) is 6.45. The van der Waals surface area contributed by atoms with E-state index in [0.717, 1.165) is 6.54 Å². The first kappa shape index (κ1) is 13.7. The van der Waals surface area contributed by atoms with E-state index >= 15 is 0 Å². The van der Waals surface area contributed by atoms with Crippen LogP contribution in [0.5, 0.6) is 0 Å². The maximum Gasteiger partial charge on any atom is 0.107 e. The Hall–Kier alpha value is 0.290. The van der Waals surface area contributed by atoms with Crippen LogP contribution in [-0.2, 0) is 6.54 Å². The first-order valence-corrected chi connectivity index (χ1v) is 9.07. The fraction of sp³-hybridized carbons (Fsp3) is 0.750. The number of nitrogens with zero attached hydrogens (tertiary/aromatic N) is 1. The van der Waals surface area contributed by atoms with Gasteiger partial charge in [0.1, 0.15) is 5.01 Å². The van der Waals surface area contributed by atoms with Gasteiger partial charge in [-0.05, 0) is 13.0 Å². The van der Waals surface area contributed by atoms with Gasteiger partial charge in [0.2, 0.25) is 0 Å². The standard InChI is InChI=1S/C12H20N2S3/c1-8(2)11-9(6-13-3)17-12(14-11)10-7-15-4-5-16-10/h8,10,13H,4-7H2,1-3H3. The van der Waals surface area contributed by atoms with Crippen molar-refractivity contribution < 1.29 is 0 Å². The first-order valence-electron chi connectivity index (χ1n) is 6.05. The Labute approximate surface area is 116 Å². The summed E-state index contributed by atoms with van der Waals surface area (Å²) in [7, 11) is 2.01. The quantitative estimate of drug-likeness (QED) is 0.916. The summed E-state index contributed by atoms with van der Waals surface area (Å²) >= 11 is 6.05. The lowest BCUT2D eigenvalue weighted by atomic mass is 10.1. The zero-order valence-electron chi connectivity index (χ0n) is 10.7. The van der Waals surface area contributed by atoms with Crippen LogP contribution in [0.4, 0.5) is 0 Å². The van der Waals surface area contributed by atoms with Gasteiger partial charge in [0.25, 0.3) is 0 Å². The molecule has 17 heavy (non-hydrogen) atoms. The van der Waals surface area contributed by atoms with Crippen molar-refractivity contribution >= 4 is 34.9 Å². The normalized spacial score (nSPS) is 21.1. The van der Waals surface area contributed by atoms with Crippen LogP contribution >= 0.6 is 34.9 Å². The molecule has 0 aliphatic carbocycles. The van der Waals surface area contributed by atoms with E-state index in [1.54, 1.807) is 0 Å². The van der Waals surface area contributed by atoms with Gasteiger partial charge in [0.05, 0.1) is 10.9 Å². The van der Waals surface area contributed by atoms with Gasteiger partial charge in [-0.1, -0.05) is 13.8 Å². The molecule has 1 aromatic rings. The van der Waals surface area contributed by atoms with E-state index in [1.807, 2.05) is 18.4 Å². The highest BCUT2D eigenvalue weighted by Crippen LogP contribution is 2.40. The maximum atomic E-state index is 4.90. The van der Waals surface area contributed by atoms with Crippen LogP contribution in [0.3, 0.4) is 0 Å². The number of hydrogen-bond acceptors (Lipinski definition) is 5. The minimum Gasteiger partial charge on any atom is -0.315 e. The number of thioether (sulfide) groups is 2. The van der Waals surface area contributed by atoms with E-state index in [1.165, 1.54) is 32.8 Å². The molecule has 0 aromatic carbocycles. The van der Waals surface area contributed by atoms with Crippen molar-refractivity contribution in [3.05, 3.63) is 15.6 Å². The first-order chi connectivity index (χ1) is 8.22. The minimum absolute atomic E-state index is 0.532. The largest absolute Gasteiger partial charge is 0.315 e. The van der Waals surface area contributed by atoms with Crippen molar-refractivity contribution in [3.8, 4) is 0 Å². The molecule has 1 aliphatic rings. The highest BCUT2D eigenvalue weighted by atomic mass is 32.2. The second-order valence-electron chi connectivity index (χ2n) is 4.48. The van der Waals surface area contributed by atoms with Crippen molar-refractivity contribution in [2.75, 3.05) is 24.3 Å². The van der Waals surface area contributed by atoms with E-state index in [4.69, 9.17) is 4.98 Å². The van der Waals surface area contributed by atoms with Crippen molar-refractivity contribution in [2.24, 2.45) is 0 Å². The molecule has 0 saturated carbocycles. The Morgan fingerprint density at radius 3 is 2.82 bits per heavy atom. The van der Waals surface area contributed by atoms with Gasteiger partial charge >= 0.3 is 0 Å². The van der Waals surface area contributed by atoms with E-state index in [2.05, 4.69) is 42.7 Å². The summed E-state index contributed by atoms with van der Waals surface area (Å²) in [5.74, 6) is 4.33. The molecule has 1 aromatic heterocycles. The summed E-state index contributed by atoms with van der Waals surface area (Å²) in [5.41, 5.74) is 1.30. The van der Waals surface area contributed by atoms with Crippen LogP contribution in [0.1, 0.15) is 40.6 Å². The van der Waals surface area contributed by atoms with Gasteiger partial charge in [0, 0.05) is 28.7 Å². The van der Waals surface area contributed by atoms with E-state index < -0.39 is 0 Å². The molecule has 1 saturated heterocycles. The van der Waals surface area contributed by atoms with Gasteiger partial charge in [-0.15, -0.1) is 23.1 Å². The minimum atomic E-state index is 0.532. The van der Waals surface area contributed by atoms with E-state index in [9.17, 15) is 0 Å². The van der Waals surface area contributed by atoms with Crippen molar-refractivity contribution in [3.63, 3.8) is 0 Å². The predicted octanol–water partition coefficient (Wildman–Crippen LogP) is 3.51. The fourth-order valence-electron chi connectivity index (χ4n) is 1.89. The summed E-state index contributed by atoms with van der Waals surface area (Å²) in [6, 6.07) is 0. The highest BCUT2D eigenvalue weighted by molar-refractivity contribution is 8.06. The molecule has 2 nitrogen and oxygen atoms in total. The Morgan fingerprint density at radius 2 is 2.24 bits per heavy atom. The average Bonchev–Trinajstić information content (AvgIpc) is 2.75. The number of thiazole rings is 1. The third kappa shape index (κ3) is 3.40. The highest BCUT2D eigenvalue weighted by Gasteiger charge is 2.22. The zero-order chi connectivity index (χ0) is 12.3. The van der Waals surface area contributed by atoms with Crippen molar-refractivity contribution in [2.45, 2.75) is 31.6 Å². The fourth-order valence-corrected chi connectivity index (χ4v) is 6.10. The maximum absolute atomic E-state index is 4.90. The van der Waals surface area contributed by atoms with Gasteiger partial charge in [0.15, 0.2) is 0 Å². The SMILES string of the molecule is CNCc1sc(C2CSCCS2)nc1C(C)C. The molecule has 5 heteroatoms. The number of hydrogen-bond donors (Lipinski definition) is 1. The molecule has 1 unspecified atom stereocenters. The van der Waals surface area contributed by atoms with Gasteiger partial charge in [-0.25, -0.2) is 4.98 Å². The summed E-state index contributed by atoms with van der Waals surface area (Å²) in [6.45, 7) is 5.43. The second-order valence-corrected chi connectivity index (χ2v) is 8.06. The zero-order valence-corrected chi connectivity index (χ0v) is 13.1. The smallest absolute Gasteiger partial charge is 0.107 e. The molecule has 0 radical (unpaired) electrons. The number of aromatic nitrogens is 1. The number of rotatable bonds is 4. The molecule has 2 rings (SSSR count). The molecule has 0 spiro atoms. The Bertz CT molecular complexity index is 357. The van der Waals surface area contributed by atoms with Crippen molar-refractivity contribution in [1.82, 2.24) is 10.3 Å². The molecular weight excluding hydrogens is 268 g/mol. The molecule has 1 fully saturated rings. The lowest BCUT2D eigenvalue weighted by Gasteiger charge is -2.18. The molecule has 0 amide bonds. The van der Waals surface area contributed by atoms with Crippen LogP contribution in [0.25, 0.3) is 0 Å². The van der Waals surface area contributed by atoms with Crippen LogP contribution in [-0.4, -0.2) is 29.3 Å². The topological polar surface area (TPSA) is 24.9 Å². The predicted molar refractivity (Wildman–Crippen MR) is 81.5 cm³/mol. The molecular formula is C12H20N2S3. The van der Waals surface area contributed by atoms with Crippen LogP contribution in [0.2, 0.25) is 0 Å². The summed E-state index contributed by atoms with van der Waals surface area (Å²) in [6.07, 6.45) is 0. The van der Waals surface area contributed by atoms with Crippen LogP contribution in [0, 0.1) is 0 Å². The van der Waals surface area contributed by atoms with Crippen molar-refractivity contribution in [1.29, 1.82) is 0 Å². The summed E-state index contributed by atoms with van der Waals surface area (Å²) < 4.78 is 0. The van der Waals surface area contributed by atoms with Gasteiger partial charge in [-0.3, -0.25) is 0 Å². The molecule has 0 bridgehead atoms. The van der Waals surface area contributed by atoms with Gasteiger partial charge < -0.3 is 5.32 Å². The molecule has 1 aliphatic heterocycles. The lowest BCUT2D eigenvalue weighted by molar-refractivity contribution is 0.767. The Balaban J connectivity index is 2.19. The lowest BCUT2D eigenvalue weighted by Crippen LogP contribution is -2.07. The molecule has 1 N–H and O–H groups in total. The van der Waals surface area contributed by atoms with Gasteiger partial charge in [-0.2, -0.15) is 11.8 Å². The molecule has 1 atom stereocenters. The third-order valence-electron chi connectivity index (χ3n) is 2.72. The molecule has 96 valence electrons. The third-order valence-corrected chi connectivity index (χ3v) is 6.82. The Kier molecular flexibility index (Phi) is 5.21. The Morgan fingerprint density at radius 1 is 1.41 bits per heavy atom.